The smallest absolute Gasteiger partial charge is 0.306 e. The van der Waals surface area contributed by atoms with Crippen molar-refractivity contribution in [3.05, 3.63) is 29.8 Å². The summed E-state index contributed by atoms with van der Waals surface area (Å²) < 4.78 is 27.8. The van der Waals surface area contributed by atoms with Crippen LogP contribution in [0.3, 0.4) is 0 Å². The second kappa shape index (κ2) is 7.45. The summed E-state index contributed by atoms with van der Waals surface area (Å²) in [7, 11) is -3.05. The van der Waals surface area contributed by atoms with Crippen molar-refractivity contribution in [2.45, 2.75) is 25.9 Å². The third-order valence-corrected chi connectivity index (χ3v) is 5.56. The van der Waals surface area contributed by atoms with E-state index in [-0.39, 0.29) is 23.8 Å². The van der Waals surface area contributed by atoms with Crippen molar-refractivity contribution < 1.29 is 22.7 Å². The molecule has 1 N–H and O–H groups in total. The number of amides is 1. The van der Waals surface area contributed by atoms with Crippen molar-refractivity contribution in [3.63, 3.8) is 0 Å². The second-order valence-corrected chi connectivity index (χ2v) is 8.02. The second-order valence-electron chi connectivity index (χ2n) is 5.79. The summed E-state index contributed by atoms with van der Waals surface area (Å²) >= 11 is 0. The Morgan fingerprint density at radius 3 is 2.83 bits per heavy atom. The van der Waals surface area contributed by atoms with E-state index in [0.29, 0.717) is 17.7 Å². The lowest BCUT2D eigenvalue weighted by atomic mass is 10.1. The van der Waals surface area contributed by atoms with E-state index in [1.54, 1.807) is 18.2 Å². The topological polar surface area (TPSA) is 113 Å². The van der Waals surface area contributed by atoms with Gasteiger partial charge in [0.15, 0.2) is 15.9 Å². The van der Waals surface area contributed by atoms with E-state index in [9.17, 15) is 18.0 Å². The Bertz CT molecular complexity index is 782. The number of esters is 1. The van der Waals surface area contributed by atoms with Gasteiger partial charge in [0, 0.05) is 12.1 Å². The van der Waals surface area contributed by atoms with Gasteiger partial charge in [0.05, 0.1) is 23.1 Å². The van der Waals surface area contributed by atoms with Crippen molar-refractivity contribution in [3.8, 4) is 6.07 Å². The van der Waals surface area contributed by atoms with E-state index in [1.807, 2.05) is 6.07 Å². The standard InChI is InChI=1S/C16H18N2O5S/c1-11(16(20)18-14-4-2-3-12(7-14)9-17)23-15(19)8-13-5-6-24(21,22)10-13/h2-4,7,11,13H,5-6,8,10H2,1H3,(H,18,20)/t11-,13+/m1/s1. The van der Waals surface area contributed by atoms with Crippen molar-refractivity contribution in [2.75, 3.05) is 16.8 Å². The van der Waals surface area contributed by atoms with E-state index in [1.165, 1.54) is 13.0 Å². The highest BCUT2D eigenvalue weighted by Gasteiger charge is 2.30. The van der Waals surface area contributed by atoms with Gasteiger partial charge >= 0.3 is 5.97 Å². The molecule has 0 aromatic heterocycles. The number of carbonyl (C=O) groups excluding carboxylic acids is 2. The van der Waals surface area contributed by atoms with E-state index in [0.717, 1.165) is 0 Å². The third kappa shape index (κ3) is 5.06. The maximum Gasteiger partial charge on any atom is 0.306 e. The number of ether oxygens (including phenoxy) is 1. The zero-order valence-corrected chi connectivity index (χ0v) is 14.0. The summed E-state index contributed by atoms with van der Waals surface area (Å²) in [5.74, 6) is -1.27. The van der Waals surface area contributed by atoms with Crippen molar-refractivity contribution in [1.29, 1.82) is 5.26 Å². The molecule has 0 saturated carbocycles. The molecule has 1 saturated heterocycles. The monoisotopic (exact) mass is 350 g/mol. The fourth-order valence-corrected chi connectivity index (χ4v) is 4.34. The Morgan fingerprint density at radius 2 is 2.21 bits per heavy atom. The molecule has 1 aliphatic rings. The highest BCUT2D eigenvalue weighted by molar-refractivity contribution is 7.91. The van der Waals surface area contributed by atoms with E-state index < -0.39 is 27.8 Å². The van der Waals surface area contributed by atoms with Crippen LogP contribution in [0.5, 0.6) is 0 Å². The SMILES string of the molecule is C[C@@H](OC(=O)C[C@@H]1CCS(=O)(=O)C1)C(=O)Nc1cccc(C#N)c1. The zero-order chi connectivity index (χ0) is 17.7. The summed E-state index contributed by atoms with van der Waals surface area (Å²) in [6.07, 6.45) is -0.582. The lowest BCUT2D eigenvalue weighted by Gasteiger charge is -2.15. The highest BCUT2D eigenvalue weighted by atomic mass is 32.2. The molecular formula is C16H18N2O5S. The Labute approximate surface area is 140 Å². The van der Waals surface area contributed by atoms with Crippen LogP contribution in [-0.2, 0) is 24.2 Å². The number of carbonyl (C=O) groups is 2. The van der Waals surface area contributed by atoms with E-state index in [4.69, 9.17) is 10.00 Å². The van der Waals surface area contributed by atoms with E-state index >= 15 is 0 Å². The van der Waals surface area contributed by atoms with Gasteiger partial charge in [-0.25, -0.2) is 8.42 Å². The summed E-state index contributed by atoms with van der Waals surface area (Å²) in [5, 5.41) is 11.4. The van der Waals surface area contributed by atoms with E-state index in [2.05, 4.69) is 5.32 Å². The van der Waals surface area contributed by atoms with Gasteiger partial charge in [0.1, 0.15) is 0 Å². The number of benzene rings is 1. The van der Waals surface area contributed by atoms with Crippen LogP contribution < -0.4 is 5.32 Å². The van der Waals surface area contributed by atoms with Gasteiger partial charge in [0.25, 0.3) is 5.91 Å². The lowest BCUT2D eigenvalue weighted by Crippen LogP contribution is -2.30. The zero-order valence-electron chi connectivity index (χ0n) is 13.2. The molecule has 1 aliphatic heterocycles. The maximum absolute atomic E-state index is 12.0. The molecule has 0 aliphatic carbocycles. The van der Waals surface area contributed by atoms with Crippen LogP contribution in [0.25, 0.3) is 0 Å². The predicted octanol–water partition coefficient (Wildman–Crippen LogP) is 1.25. The number of rotatable bonds is 5. The first-order chi connectivity index (χ1) is 11.3. The molecule has 1 amide bonds. The van der Waals surface area contributed by atoms with Crippen LogP contribution in [0.2, 0.25) is 0 Å². The average molecular weight is 350 g/mol. The lowest BCUT2D eigenvalue weighted by molar-refractivity contribution is -0.153. The minimum atomic E-state index is -3.05. The van der Waals surface area contributed by atoms with Crippen LogP contribution in [0.4, 0.5) is 5.69 Å². The average Bonchev–Trinajstić information content (AvgIpc) is 2.85. The van der Waals surface area contributed by atoms with Gasteiger partial charge in [-0.15, -0.1) is 0 Å². The molecule has 0 unspecified atom stereocenters. The first kappa shape index (κ1) is 17.9. The fourth-order valence-electron chi connectivity index (χ4n) is 2.48. The van der Waals surface area contributed by atoms with Crippen molar-refractivity contribution in [2.24, 2.45) is 5.92 Å². The molecule has 1 heterocycles. The molecule has 128 valence electrons. The Morgan fingerprint density at radius 1 is 1.46 bits per heavy atom. The molecule has 8 heteroatoms. The third-order valence-electron chi connectivity index (χ3n) is 3.72. The highest BCUT2D eigenvalue weighted by Crippen LogP contribution is 2.22. The number of nitrogens with one attached hydrogen (secondary N) is 1. The molecule has 0 bridgehead atoms. The number of hydrogen-bond donors (Lipinski definition) is 1. The summed E-state index contributed by atoms with van der Waals surface area (Å²) in [6, 6.07) is 8.33. The minimum Gasteiger partial charge on any atom is -0.453 e. The first-order valence-electron chi connectivity index (χ1n) is 7.50. The van der Waals surface area contributed by atoms with Gasteiger partial charge in [-0.1, -0.05) is 6.07 Å². The predicted molar refractivity (Wildman–Crippen MR) is 86.7 cm³/mol. The number of anilines is 1. The van der Waals surface area contributed by atoms with Gasteiger partial charge in [-0.3, -0.25) is 9.59 Å². The molecule has 2 atom stereocenters. The van der Waals surface area contributed by atoms with Gasteiger partial charge < -0.3 is 10.1 Å². The number of sulfone groups is 1. The van der Waals surface area contributed by atoms with Crippen LogP contribution >= 0.6 is 0 Å². The largest absolute Gasteiger partial charge is 0.453 e. The molecule has 7 nitrogen and oxygen atoms in total. The Kier molecular flexibility index (Phi) is 5.57. The normalized spacial score (nSPS) is 19.9. The summed E-state index contributed by atoms with van der Waals surface area (Å²) in [4.78, 5) is 23.9. The molecule has 1 aromatic carbocycles. The number of hydrogen-bond acceptors (Lipinski definition) is 6. The van der Waals surface area contributed by atoms with Crippen molar-refractivity contribution >= 4 is 27.4 Å². The molecule has 1 aromatic rings. The molecule has 0 radical (unpaired) electrons. The molecule has 1 fully saturated rings. The summed E-state index contributed by atoms with van der Waals surface area (Å²) in [5.41, 5.74) is 0.837. The molecule has 24 heavy (non-hydrogen) atoms. The molecular weight excluding hydrogens is 332 g/mol. The van der Waals surface area contributed by atoms with Gasteiger partial charge in [-0.05, 0) is 37.5 Å². The first-order valence-corrected chi connectivity index (χ1v) is 9.32. The van der Waals surface area contributed by atoms with Gasteiger partial charge in [0.2, 0.25) is 0 Å². The van der Waals surface area contributed by atoms with Crippen molar-refractivity contribution in [1.82, 2.24) is 0 Å². The summed E-state index contributed by atoms with van der Waals surface area (Å²) in [6.45, 7) is 1.44. The number of nitriles is 1. The molecule has 0 spiro atoms. The van der Waals surface area contributed by atoms with Crippen LogP contribution in [0.1, 0.15) is 25.3 Å². The molecule has 2 rings (SSSR count). The van der Waals surface area contributed by atoms with Crippen LogP contribution in [0.15, 0.2) is 24.3 Å². The number of nitrogens with zero attached hydrogens (tertiary/aromatic N) is 1. The Balaban J connectivity index is 1.85. The maximum atomic E-state index is 12.0. The van der Waals surface area contributed by atoms with Gasteiger partial charge in [-0.2, -0.15) is 5.26 Å². The fraction of sp³-hybridized carbons (Fsp3) is 0.438. The minimum absolute atomic E-state index is 0.0103. The van der Waals surface area contributed by atoms with Crippen LogP contribution in [-0.4, -0.2) is 37.9 Å². The van der Waals surface area contributed by atoms with Crippen LogP contribution in [0, 0.1) is 17.2 Å². The Hall–Kier alpha value is -2.40. The quantitative estimate of drug-likeness (QED) is 0.800.